The van der Waals surface area contributed by atoms with Gasteiger partial charge in [-0.15, -0.1) is 0 Å². The first kappa shape index (κ1) is 18.9. The van der Waals surface area contributed by atoms with Crippen LogP contribution in [-0.4, -0.2) is 47.6 Å². The number of nitrogens with zero attached hydrogens (tertiary/aromatic N) is 1. The Labute approximate surface area is 134 Å². The van der Waals surface area contributed by atoms with E-state index in [4.69, 9.17) is 5.11 Å². The summed E-state index contributed by atoms with van der Waals surface area (Å²) in [5.41, 5.74) is -0.201. The molecule has 1 unspecified atom stereocenters. The number of aliphatic hydroxyl groups excluding tert-OH is 1. The quantitative estimate of drug-likeness (QED) is 0.787. The number of nitrogens with one attached hydrogen (secondary N) is 1. The van der Waals surface area contributed by atoms with Gasteiger partial charge in [0.05, 0.1) is 0 Å². The zero-order valence-electron chi connectivity index (χ0n) is 14.7. The van der Waals surface area contributed by atoms with Crippen molar-refractivity contribution in [1.82, 2.24) is 10.2 Å². The van der Waals surface area contributed by atoms with Crippen LogP contribution in [0.3, 0.4) is 0 Å². The van der Waals surface area contributed by atoms with Gasteiger partial charge in [0.2, 0.25) is 11.8 Å². The van der Waals surface area contributed by atoms with Crippen molar-refractivity contribution >= 4 is 11.8 Å². The highest BCUT2D eigenvalue weighted by Gasteiger charge is 2.35. The molecule has 1 aliphatic heterocycles. The minimum absolute atomic E-state index is 0.0641. The molecule has 128 valence electrons. The van der Waals surface area contributed by atoms with Gasteiger partial charge in [0.25, 0.3) is 0 Å². The number of amides is 2. The average molecular weight is 312 g/mol. The van der Waals surface area contributed by atoms with E-state index in [1.54, 1.807) is 4.90 Å². The van der Waals surface area contributed by atoms with Crippen molar-refractivity contribution in [3.8, 4) is 0 Å². The van der Waals surface area contributed by atoms with Gasteiger partial charge in [-0.25, -0.2) is 0 Å². The molecule has 0 aromatic carbocycles. The van der Waals surface area contributed by atoms with Crippen molar-refractivity contribution in [3.63, 3.8) is 0 Å². The lowest BCUT2D eigenvalue weighted by molar-refractivity contribution is -0.140. The standard InChI is InChI=1S/C17H32N2O3/c1-16(2,3)11-14(21)19-9-6-7-13(19)15(22)18-12-17(4,5)8-10-20/h13,20H,6-12H2,1-5H3,(H,18,22). The van der Waals surface area contributed by atoms with Crippen molar-refractivity contribution in [3.05, 3.63) is 0 Å². The van der Waals surface area contributed by atoms with E-state index in [0.29, 0.717) is 25.9 Å². The van der Waals surface area contributed by atoms with E-state index in [1.807, 2.05) is 34.6 Å². The van der Waals surface area contributed by atoms with Crippen LogP contribution in [-0.2, 0) is 9.59 Å². The lowest BCUT2D eigenvalue weighted by Gasteiger charge is -2.29. The fourth-order valence-corrected chi connectivity index (χ4v) is 2.73. The van der Waals surface area contributed by atoms with Crippen LogP contribution in [0.25, 0.3) is 0 Å². The number of likely N-dealkylation sites (tertiary alicyclic amines) is 1. The second-order valence-electron chi connectivity index (χ2n) is 8.34. The fourth-order valence-electron chi connectivity index (χ4n) is 2.73. The Balaban J connectivity index is 2.59. The van der Waals surface area contributed by atoms with Crippen LogP contribution in [0.2, 0.25) is 0 Å². The van der Waals surface area contributed by atoms with Crippen LogP contribution in [0.4, 0.5) is 0 Å². The van der Waals surface area contributed by atoms with Crippen molar-refractivity contribution in [2.24, 2.45) is 10.8 Å². The maximum Gasteiger partial charge on any atom is 0.242 e. The van der Waals surface area contributed by atoms with E-state index in [2.05, 4.69) is 5.32 Å². The van der Waals surface area contributed by atoms with E-state index in [9.17, 15) is 9.59 Å². The number of aliphatic hydroxyl groups is 1. The summed E-state index contributed by atoms with van der Waals surface area (Å²) in [4.78, 5) is 26.5. The summed E-state index contributed by atoms with van der Waals surface area (Å²) < 4.78 is 0. The maximum absolute atomic E-state index is 12.4. The summed E-state index contributed by atoms with van der Waals surface area (Å²) in [5.74, 6) is 0.00513. The molecule has 5 heteroatoms. The normalized spacial score (nSPS) is 19.4. The molecule has 0 aromatic heterocycles. The first-order valence-electron chi connectivity index (χ1n) is 8.24. The van der Waals surface area contributed by atoms with Crippen molar-refractivity contribution in [2.75, 3.05) is 19.7 Å². The second kappa shape index (κ2) is 7.44. The first-order chi connectivity index (χ1) is 10.1. The molecule has 1 aliphatic rings. The third kappa shape index (κ3) is 5.95. The summed E-state index contributed by atoms with van der Waals surface area (Å²) >= 11 is 0. The fraction of sp³-hybridized carbons (Fsp3) is 0.882. The van der Waals surface area contributed by atoms with Crippen LogP contribution < -0.4 is 5.32 Å². The van der Waals surface area contributed by atoms with E-state index >= 15 is 0 Å². The Morgan fingerprint density at radius 1 is 1.23 bits per heavy atom. The van der Waals surface area contributed by atoms with Crippen LogP contribution in [0.5, 0.6) is 0 Å². The lowest BCUT2D eigenvalue weighted by Crippen LogP contribution is -2.48. The highest BCUT2D eigenvalue weighted by Crippen LogP contribution is 2.25. The molecule has 5 nitrogen and oxygen atoms in total. The predicted molar refractivity (Wildman–Crippen MR) is 87.3 cm³/mol. The molecule has 1 heterocycles. The number of hydrogen-bond acceptors (Lipinski definition) is 3. The van der Waals surface area contributed by atoms with Gasteiger partial charge < -0.3 is 15.3 Å². The molecule has 1 rings (SSSR count). The Bertz CT molecular complexity index is 399. The Morgan fingerprint density at radius 3 is 2.41 bits per heavy atom. The molecule has 0 aliphatic carbocycles. The molecule has 0 bridgehead atoms. The van der Waals surface area contributed by atoms with Gasteiger partial charge in [-0.2, -0.15) is 0 Å². The SMILES string of the molecule is CC(C)(C)CC(=O)N1CCCC1C(=O)NCC(C)(C)CCO. The summed E-state index contributed by atoms with van der Waals surface area (Å²) in [5, 5.41) is 12.0. The third-order valence-electron chi connectivity index (χ3n) is 4.09. The van der Waals surface area contributed by atoms with Crippen LogP contribution >= 0.6 is 0 Å². The molecule has 0 spiro atoms. The maximum atomic E-state index is 12.4. The van der Waals surface area contributed by atoms with Crippen LogP contribution in [0, 0.1) is 10.8 Å². The Kier molecular flexibility index (Phi) is 6.41. The van der Waals surface area contributed by atoms with E-state index in [1.165, 1.54) is 0 Å². The van der Waals surface area contributed by atoms with Crippen molar-refractivity contribution < 1.29 is 14.7 Å². The second-order valence-corrected chi connectivity index (χ2v) is 8.34. The lowest BCUT2D eigenvalue weighted by atomic mass is 9.89. The summed E-state index contributed by atoms with van der Waals surface area (Å²) in [6.07, 6.45) is 2.73. The molecule has 1 saturated heterocycles. The number of carbonyl (C=O) groups is 2. The number of hydrogen-bond donors (Lipinski definition) is 2. The number of carbonyl (C=O) groups excluding carboxylic acids is 2. The largest absolute Gasteiger partial charge is 0.396 e. The molecule has 2 N–H and O–H groups in total. The molecular weight excluding hydrogens is 280 g/mol. The van der Waals surface area contributed by atoms with Gasteiger partial charge in [0.15, 0.2) is 0 Å². The molecule has 1 fully saturated rings. The zero-order chi connectivity index (χ0) is 17.0. The minimum atomic E-state index is -0.334. The minimum Gasteiger partial charge on any atom is -0.396 e. The predicted octanol–water partition coefficient (Wildman–Crippen LogP) is 1.94. The average Bonchev–Trinajstić information content (AvgIpc) is 2.83. The Morgan fingerprint density at radius 2 is 1.86 bits per heavy atom. The molecule has 2 amide bonds. The first-order valence-corrected chi connectivity index (χ1v) is 8.24. The Hall–Kier alpha value is -1.10. The van der Waals surface area contributed by atoms with Crippen LogP contribution in [0.15, 0.2) is 0 Å². The van der Waals surface area contributed by atoms with Gasteiger partial charge >= 0.3 is 0 Å². The molecule has 0 aromatic rings. The van der Waals surface area contributed by atoms with E-state index in [-0.39, 0.29) is 35.3 Å². The zero-order valence-corrected chi connectivity index (χ0v) is 14.7. The van der Waals surface area contributed by atoms with Gasteiger partial charge in [0.1, 0.15) is 6.04 Å². The molecule has 0 radical (unpaired) electrons. The number of rotatable bonds is 6. The van der Waals surface area contributed by atoms with Gasteiger partial charge in [-0.05, 0) is 30.1 Å². The van der Waals surface area contributed by atoms with Gasteiger partial charge in [0, 0.05) is 26.1 Å². The van der Waals surface area contributed by atoms with Crippen molar-refractivity contribution in [1.29, 1.82) is 0 Å². The van der Waals surface area contributed by atoms with E-state index in [0.717, 1.165) is 12.8 Å². The monoisotopic (exact) mass is 312 g/mol. The third-order valence-corrected chi connectivity index (χ3v) is 4.09. The summed E-state index contributed by atoms with van der Waals surface area (Å²) in [7, 11) is 0. The topological polar surface area (TPSA) is 69.6 Å². The smallest absolute Gasteiger partial charge is 0.242 e. The van der Waals surface area contributed by atoms with E-state index < -0.39 is 0 Å². The molecule has 22 heavy (non-hydrogen) atoms. The van der Waals surface area contributed by atoms with Gasteiger partial charge in [-0.1, -0.05) is 34.6 Å². The highest BCUT2D eigenvalue weighted by molar-refractivity contribution is 5.88. The molecular formula is C17H32N2O3. The molecule has 1 atom stereocenters. The van der Waals surface area contributed by atoms with Crippen molar-refractivity contribution in [2.45, 2.75) is 66.3 Å². The van der Waals surface area contributed by atoms with Gasteiger partial charge in [-0.3, -0.25) is 9.59 Å². The summed E-state index contributed by atoms with van der Waals surface area (Å²) in [6.45, 7) is 11.4. The highest BCUT2D eigenvalue weighted by atomic mass is 16.3. The summed E-state index contributed by atoms with van der Waals surface area (Å²) in [6, 6.07) is -0.334. The molecule has 0 saturated carbocycles. The van der Waals surface area contributed by atoms with Crippen LogP contribution in [0.1, 0.15) is 60.3 Å².